The summed E-state index contributed by atoms with van der Waals surface area (Å²) >= 11 is 0. The van der Waals surface area contributed by atoms with E-state index >= 15 is 0 Å². The molecule has 0 radical (unpaired) electrons. The van der Waals surface area contributed by atoms with Crippen LogP contribution in [0.15, 0.2) is 36.4 Å². The molecule has 1 atom stereocenters. The van der Waals surface area contributed by atoms with Crippen LogP contribution < -0.4 is 10.1 Å². The van der Waals surface area contributed by atoms with Crippen LogP contribution in [-0.2, 0) is 0 Å². The second-order valence-electron chi connectivity index (χ2n) is 6.48. The van der Waals surface area contributed by atoms with Gasteiger partial charge in [0.25, 0.3) is 0 Å². The number of hydrogen-bond donors (Lipinski definition) is 2. The molecule has 2 N–H and O–H groups in total. The number of hydrogen-bond acceptors (Lipinski definition) is 6. The molecule has 0 saturated heterocycles. The minimum atomic E-state index is -0.637. The van der Waals surface area contributed by atoms with E-state index in [4.69, 9.17) is 4.74 Å². The highest BCUT2D eigenvalue weighted by molar-refractivity contribution is 5.44. The molecule has 1 unspecified atom stereocenters. The van der Waals surface area contributed by atoms with Crippen molar-refractivity contribution in [3.05, 3.63) is 47.8 Å². The Kier molecular flexibility index (Phi) is 4.23. The summed E-state index contributed by atoms with van der Waals surface area (Å²) in [6.45, 7) is 2.58. The Morgan fingerprint density at radius 2 is 2.16 bits per heavy atom. The predicted octanol–water partition coefficient (Wildman–Crippen LogP) is 2.16. The third-order valence-corrected chi connectivity index (χ3v) is 4.18. The number of aliphatic hydroxyl groups is 1. The number of aliphatic hydroxyl groups excluding tert-OH is 1. The first-order valence-corrected chi connectivity index (χ1v) is 8.53. The lowest BCUT2D eigenvalue weighted by Gasteiger charge is -2.14. The van der Waals surface area contributed by atoms with E-state index in [1.54, 1.807) is 4.52 Å². The summed E-state index contributed by atoms with van der Waals surface area (Å²) in [7, 11) is 0. The van der Waals surface area contributed by atoms with Crippen molar-refractivity contribution < 1.29 is 9.84 Å². The highest BCUT2D eigenvalue weighted by Gasteiger charge is 2.29. The van der Waals surface area contributed by atoms with Crippen LogP contribution >= 0.6 is 0 Å². The van der Waals surface area contributed by atoms with E-state index < -0.39 is 6.10 Å². The maximum Gasteiger partial charge on any atom is 0.178 e. The number of nitrogens with one attached hydrogen (secondary N) is 1. The van der Waals surface area contributed by atoms with Gasteiger partial charge < -0.3 is 15.2 Å². The molecule has 130 valence electrons. The zero-order valence-corrected chi connectivity index (χ0v) is 14.1. The second-order valence-corrected chi connectivity index (χ2v) is 6.48. The van der Waals surface area contributed by atoms with Gasteiger partial charge in [-0.2, -0.15) is 4.52 Å². The second kappa shape index (κ2) is 6.68. The Hall–Kier alpha value is -2.67. The highest BCUT2D eigenvalue weighted by Crippen LogP contribution is 2.38. The summed E-state index contributed by atoms with van der Waals surface area (Å²) in [5.74, 6) is 2.84. The first-order valence-electron chi connectivity index (χ1n) is 8.53. The van der Waals surface area contributed by atoms with Gasteiger partial charge in [0.05, 0.1) is 0 Å². The number of nitrogens with zero attached hydrogens (tertiary/aromatic N) is 4. The summed E-state index contributed by atoms with van der Waals surface area (Å²) in [4.78, 5) is 0. The van der Waals surface area contributed by atoms with Crippen LogP contribution in [0.3, 0.4) is 0 Å². The summed E-state index contributed by atoms with van der Waals surface area (Å²) in [5.41, 5.74) is 1.87. The smallest absolute Gasteiger partial charge is 0.178 e. The molecule has 3 aromatic rings. The lowest BCUT2D eigenvalue weighted by atomic mass is 10.2. The van der Waals surface area contributed by atoms with Crippen LogP contribution in [0, 0.1) is 6.92 Å². The Labute approximate surface area is 145 Å². The van der Waals surface area contributed by atoms with Gasteiger partial charge in [0.1, 0.15) is 24.3 Å². The highest BCUT2D eigenvalue weighted by atomic mass is 16.5. The number of rotatable bonds is 7. The Bertz CT molecular complexity index is 875. The molecule has 2 heterocycles. The van der Waals surface area contributed by atoms with Gasteiger partial charge in [-0.3, -0.25) is 0 Å². The van der Waals surface area contributed by atoms with Gasteiger partial charge in [0, 0.05) is 12.5 Å². The molecule has 25 heavy (non-hydrogen) atoms. The zero-order chi connectivity index (χ0) is 17.2. The van der Waals surface area contributed by atoms with Crippen molar-refractivity contribution in [1.82, 2.24) is 19.8 Å². The molecule has 1 saturated carbocycles. The first kappa shape index (κ1) is 15.8. The average Bonchev–Trinajstić information content (AvgIpc) is 3.37. The number of aryl methyl sites for hydroxylation is 1. The van der Waals surface area contributed by atoms with Crippen molar-refractivity contribution >= 4 is 11.5 Å². The van der Waals surface area contributed by atoms with Gasteiger partial charge in [-0.1, -0.05) is 12.1 Å². The topological polar surface area (TPSA) is 84.6 Å². The van der Waals surface area contributed by atoms with Gasteiger partial charge in [0.2, 0.25) is 0 Å². The van der Waals surface area contributed by atoms with E-state index in [1.165, 1.54) is 0 Å². The van der Waals surface area contributed by atoms with E-state index in [0.717, 1.165) is 35.6 Å². The third-order valence-electron chi connectivity index (χ3n) is 4.18. The van der Waals surface area contributed by atoms with Gasteiger partial charge in [-0.05, 0) is 49.6 Å². The minimum Gasteiger partial charge on any atom is -0.491 e. The minimum absolute atomic E-state index is 0.221. The fourth-order valence-electron chi connectivity index (χ4n) is 2.67. The van der Waals surface area contributed by atoms with Gasteiger partial charge in [-0.15, -0.1) is 15.3 Å². The van der Waals surface area contributed by atoms with Crippen LogP contribution in [0.1, 0.15) is 30.1 Å². The van der Waals surface area contributed by atoms with Crippen LogP contribution in [0.2, 0.25) is 0 Å². The van der Waals surface area contributed by atoms with E-state index in [0.29, 0.717) is 18.3 Å². The number of fused-ring (bicyclic) bond motifs is 1. The normalized spacial score (nSPS) is 15.3. The van der Waals surface area contributed by atoms with E-state index in [1.807, 2.05) is 43.3 Å². The van der Waals surface area contributed by atoms with E-state index in [2.05, 4.69) is 20.6 Å². The van der Waals surface area contributed by atoms with Crippen molar-refractivity contribution in [3.8, 4) is 5.75 Å². The molecule has 0 bridgehead atoms. The molecule has 4 rings (SSSR count). The molecule has 2 aromatic heterocycles. The Morgan fingerprint density at radius 3 is 2.96 bits per heavy atom. The van der Waals surface area contributed by atoms with Crippen molar-refractivity contribution in [2.45, 2.75) is 31.8 Å². The Morgan fingerprint density at radius 1 is 1.28 bits per heavy atom. The molecule has 1 aromatic carbocycles. The summed E-state index contributed by atoms with van der Waals surface area (Å²) in [6.07, 6.45) is 1.66. The van der Waals surface area contributed by atoms with Gasteiger partial charge in [0.15, 0.2) is 11.5 Å². The third kappa shape index (κ3) is 3.71. The molecule has 7 heteroatoms. The standard InChI is InChI=1S/C18H21N5O2/c1-12-3-2-4-15(9-12)25-11-14(24)10-19-16-7-8-17-20-21-18(13-5-6-13)23(17)22-16/h2-4,7-9,13-14,24H,5-6,10-11H2,1H3,(H,19,22). The number of ether oxygens (including phenoxy) is 1. The molecule has 7 nitrogen and oxygen atoms in total. The van der Waals surface area contributed by atoms with Crippen molar-refractivity contribution in [1.29, 1.82) is 0 Å². The van der Waals surface area contributed by atoms with Crippen LogP contribution in [0.4, 0.5) is 5.82 Å². The first-order chi connectivity index (χ1) is 12.2. The SMILES string of the molecule is Cc1cccc(OCC(O)CNc2ccc3nnc(C4CC4)n3n2)c1. The van der Waals surface area contributed by atoms with Gasteiger partial charge in [-0.25, -0.2) is 0 Å². The zero-order valence-electron chi connectivity index (χ0n) is 14.1. The summed E-state index contributed by atoms with van der Waals surface area (Å²) < 4.78 is 7.41. The largest absolute Gasteiger partial charge is 0.491 e. The predicted molar refractivity (Wildman–Crippen MR) is 93.9 cm³/mol. The van der Waals surface area contributed by atoms with Crippen molar-refractivity contribution in [3.63, 3.8) is 0 Å². The molecule has 0 spiro atoms. The van der Waals surface area contributed by atoms with Crippen molar-refractivity contribution in [2.24, 2.45) is 0 Å². The Balaban J connectivity index is 1.34. The lowest BCUT2D eigenvalue weighted by molar-refractivity contribution is 0.117. The quantitative estimate of drug-likeness (QED) is 0.686. The van der Waals surface area contributed by atoms with Gasteiger partial charge >= 0.3 is 0 Å². The lowest BCUT2D eigenvalue weighted by Crippen LogP contribution is -2.26. The van der Waals surface area contributed by atoms with Crippen LogP contribution in [-0.4, -0.2) is 44.2 Å². The molecule has 0 amide bonds. The van der Waals surface area contributed by atoms with E-state index in [9.17, 15) is 5.11 Å². The maximum absolute atomic E-state index is 10.1. The molecule has 1 fully saturated rings. The fourth-order valence-corrected chi connectivity index (χ4v) is 2.67. The van der Waals surface area contributed by atoms with E-state index in [-0.39, 0.29) is 6.61 Å². The fraction of sp³-hybridized carbons (Fsp3) is 0.389. The maximum atomic E-state index is 10.1. The average molecular weight is 339 g/mol. The number of aromatic nitrogens is 4. The number of anilines is 1. The molecule has 0 aliphatic heterocycles. The molecule has 1 aliphatic carbocycles. The molecular weight excluding hydrogens is 318 g/mol. The van der Waals surface area contributed by atoms with Crippen LogP contribution in [0.25, 0.3) is 5.65 Å². The van der Waals surface area contributed by atoms with Crippen LogP contribution in [0.5, 0.6) is 5.75 Å². The van der Waals surface area contributed by atoms with Crippen molar-refractivity contribution in [2.75, 3.05) is 18.5 Å². The summed E-state index contributed by atoms with van der Waals surface area (Å²) in [6, 6.07) is 11.5. The monoisotopic (exact) mass is 339 g/mol. The molecular formula is C18H21N5O2. The molecule has 1 aliphatic rings. The summed E-state index contributed by atoms with van der Waals surface area (Å²) in [5, 5.41) is 26.1. The number of benzene rings is 1.